The highest BCUT2D eigenvalue weighted by atomic mass is 16.3. The summed E-state index contributed by atoms with van der Waals surface area (Å²) < 4.78 is 0. The molecule has 0 amide bonds. The van der Waals surface area contributed by atoms with Crippen LogP contribution in [-0.2, 0) is 0 Å². The molecule has 1 aliphatic rings. The molecule has 14 heavy (non-hydrogen) atoms. The maximum absolute atomic E-state index is 9.38. The van der Waals surface area contributed by atoms with Gasteiger partial charge in [0.2, 0.25) is 0 Å². The molecular formula is C10H14N2O2. The number of nitrogens with zero attached hydrogens (tertiary/aromatic N) is 1. The number of nitrogens with two attached hydrogens (primary N) is 1. The Bertz CT molecular complexity index is 320. The predicted molar refractivity (Wildman–Crippen MR) is 55.1 cm³/mol. The summed E-state index contributed by atoms with van der Waals surface area (Å²) in [5.41, 5.74) is 7.28. The molecule has 4 nitrogen and oxygen atoms in total. The van der Waals surface area contributed by atoms with Crippen LogP contribution in [0.1, 0.15) is 0 Å². The molecular weight excluding hydrogens is 180 g/mol. The molecule has 0 saturated carbocycles. The second kappa shape index (κ2) is 3.48. The number of aliphatic hydroxyl groups excluding tert-OH is 2. The summed E-state index contributed by atoms with van der Waals surface area (Å²) in [6, 6.07) is 7.43. The summed E-state index contributed by atoms with van der Waals surface area (Å²) in [7, 11) is 0. The van der Waals surface area contributed by atoms with Gasteiger partial charge >= 0.3 is 0 Å². The molecule has 1 heterocycles. The van der Waals surface area contributed by atoms with E-state index >= 15 is 0 Å². The number of hydrogen-bond donors (Lipinski definition) is 3. The number of anilines is 2. The van der Waals surface area contributed by atoms with Crippen molar-refractivity contribution in [3.8, 4) is 0 Å². The van der Waals surface area contributed by atoms with E-state index in [9.17, 15) is 10.2 Å². The third-order valence-electron chi connectivity index (χ3n) is 2.49. The van der Waals surface area contributed by atoms with Crippen LogP contribution in [-0.4, -0.2) is 35.5 Å². The van der Waals surface area contributed by atoms with Crippen molar-refractivity contribution in [1.29, 1.82) is 0 Å². The maximum atomic E-state index is 9.38. The van der Waals surface area contributed by atoms with E-state index in [4.69, 9.17) is 5.73 Å². The van der Waals surface area contributed by atoms with Crippen molar-refractivity contribution in [1.82, 2.24) is 0 Å². The Labute approximate surface area is 82.6 Å². The van der Waals surface area contributed by atoms with Crippen LogP contribution >= 0.6 is 0 Å². The average Bonchev–Trinajstić information content (AvgIpc) is 2.47. The van der Waals surface area contributed by atoms with Gasteiger partial charge < -0.3 is 20.8 Å². The van der Waals surface area contributed by atoms with Crippen molar-refractivity contribution >= 4 is 11.4 Å². The van der Waals surface area contributed by atoms with Gasteiger partial charge in [-0.05, 0) is 18.2 Å². The minimum Gasteiger partial charge on any atom is -0.399 e. The molecule has 1 fully saturated rings. The SMILES string of the molecule is Nc1cccc(N2CC(O)C(O)C2)c1. The quantitative estimate of drug-likeness (QED) is 0.542. The van der Waals surface area contributed by atoms with Crippen LogP contribution in [0.5, 0.6) is 0 Å². The lowest BCUT2D eigenvalue weighted by atomic mass is 10.2. The first-order valence-electron chi connectivity index (χ1n) is 4.63. The second-order valence-corrected chi connectivity index (χ2v) is 3.63. The Balaban J connectivity index is 2.17. The van der Waals surface area contributed by atoms with Gasteiger partial charge in [0.1, 0.15) is 0 Å². The third kappa shape index (κ3) is 1.66. The van der Waals surface area contributed by atoms with Gasteiger partial charge in [-0.25, -0.2) is 0 Å². The van der Waals surface area contributed by atoms with Crippen LogP contribution in [0.2, 0.25) is 0 Å². The molecule has 0 bridgehead atoms. The molecule has 2 unspecified atom stereocenters. The first-order chi connectivity index (χ1) is 6.66. The molecule has 0 radical (unpaired) electrons. The fourth-order valence-electron chi connectivity index (χ4n) is 1.70. The summed E-state index contributed by atoms with van der Waals surface area (Å²) in [5.74, 6) is 0. The smallest absolute Gasteiger partial charge is 0.0990 e. The molecule has 1 aromatic carbocycles. The number of β-amino-alcohol motifs (C(OH)–C–C–N with tert-alkyl or cyclic N) is 2. The third-order valence-corrected chi connectivity index (χ3v) is 2.49. The summed E-state index contributed by atoms with van der Waals surface area (Å²) in [6.07, 6.45) is -1.31. The minimum absolute atomic E-state index is 0.463. The van der Waals surface area contributed by atoms with Crippen molar-refractivity contribution < 1.29 is 10.2 Å². The molecule has 0 aliphatic carbocycles. The van der Waals surface area contributed by atoms with Crippen molar-refractivity contribution in [2.24, 2.45) is 0 Å². The van der Waals surface area contributed by atoms with E-state index in [0.717, 1.165) is 5.69 Å². The average molecular weight is 194 g/mol. The summed E-state index contributed by atoms with van der Waals surface area (Å²) in [5, 5.41) is 18.8. The zero-order valence-electron chi connectivity index (χ0n) is 7.80. The molecule has 0 aromatic heterocycles. The first-order valence-corrected chi connectivity index (χ1v) is 4.63. The van der Waals surface area contributed by atoms with Crippen molar-refractivity contribution in [2.75, 3.05) is 23.7 Å². The number of aliphatic hydroxyl groups is 2. The summed E-state index contributed by atoms with van der Waals surface area (Å²) in [4.78, 5) is 1.92. The van der Waals surface area contributed by atoms with Crippen LogP contribution in [0.15, 0.2) is 24.3 Å². The highest BCUT2D eigenvalue weighted by Gasteiger charge is 2.29. The number of nitrogen functional groups attached to an aromatic ring is 1. The van der Waals surface area contributed by atoms with Gasteiger partial charge in [0, 0.05) is 24.5 Å². The number of rotatable bonds is 1. The Hall–Kier alpha value is -1.26. The normalized spacial score (nSPS) is 26.9. The molecule has 1 saturated heterocycles. The van der Waals surface area contributed by atoms with Gasteiger partial charge in [-0.2, -0.15) is 0 Å². The van der Waals surface area contributed by atoms with Gasteiger partial charge in [0.05, 0.1) is 12.2 Å². The zero-order valence-corrected chi connectivity index (χ0v) is 7.80. The lowest BCUT2D eigenvalue weighted by Crippen LogP contribution is -2.22. The number of benzene rings is 1. The Morgan fingerprint density at radius 1 is 1.21 bits per heavy atom. The van der Waals surface area contributed by atoms with E-state index in [1.807, 2.05) is 29.2 Å². The lowest BCUT2D eigenvalue weighted by Gasteiger charge is -2.17. The van der Waals surface area contributed by atoms with Crippen LogP contribution in [0.4, 0.5) is 11.4 Å². The summed E-state index contributed by atoms with van der Waals surface area (Å²) in [6.45, 7) is 0.926. The molecule has 2 rings (SSSR count). The van der Waals surface area contributed by atoms with Gasteiger partial charge in [-0.3, -0.25) is 0 Å². The maximum Gasteiger partial charge on any atom is 0.0990 e. The fraction of sp³-hybridized carbons (Fsp3) is 0.400. The topological polar surface area (TPSA) is 69.7 Å². The lowest BCUT2D eigenvalue weighted by molar-refractivity contribution is 0.0572. The highest BCUT2D eigenvalue weighted by molar-refractivity contribution is 5.56. The van der Waals surface area contributed by atoms with Crippen molar-refractivity contribution in [2.45, 2.75) is 12.2 Å². The van der Waals surface area contributed by atoms with Crippen molar-refractivity contribution in [3.63, 3.8) is 0 Å². The molecule has 4 heteroatoms. The van der Waals surface area contributed by atoms with E-state index in [-0.39, 0.29) is 0 Å². The van der Waals surface area contributed by atoms with E-state index < -0.39 is 12.2 Å². The van der Waals surface area contributed by atoms with E-state index in [1.54, 1.807) is 0 Å². The molecule has 1 aromatic rings. The van der Waals surface area contributed by atoms with E-state index in [2.05, 4.69) is 0 Å². The van der Waals surface area contributed by atoms with Gasteiger partial charge in [-0.1, -0.05) is 6.07 Å². The van der Waals surface area contributed by atoms with E-state index in [1.165, 1.54) is 0 Å². The van der Waals surface area contributed by atoms with Crippen LogP contribution in [0.25, 0.3) is 0 Å². The van der Waals surface area contributed by atoms with Gasteiger partial charge in [0.15, 0.2) is 0 Å². The molecule has 1 aliphatic heterocycles. The minimum atomic E-state index is -0.656. The first kappa shape index (κ1) is 9.30. The molecule has 4 N–H and O–H groups in total. The zero-order chi connectivity index (χ0) is 10.1. The van der Waals surface area contributed by atoms with Crippen LogP contribution in [0.3, 0.4) is 0 Å². The monoisotopic (exact) mass is 194 g/mol. The number of hydrogen-bond acceptors (Lipinski definition) is 4. The van der Waals surface area contributed by atoms with Crippen LogP contribution in [0, 0.1) is 0 Å². The van der Waals surface area contributed by atoms with Gasteiger partial charge in [-0.15, -0.1) is 0 Å². The molecule has 76 valence electrons. The predicted octanol–water partition coefficient (Wildman–Crippen LogP) is -0.189. The molecule has 2 atom stereocenters. The standard InChI is InChI=1S/C10H14N2O2/c11-7-2-1-3-8(4-7)12-5-9(13)10(14)6-12/h1-4,9-10,13-14H,5-6,11H2. The Morgan fingerprint density at radius 3 is 2.43 bits per heavy atom. The summed E-state index contributed by atoms with van der Waals surface area (Å²) >= 11 is 0. The Morgan fingerprint density at radius 2 is 1.86 bits per heavy atom. The second-order valence-electron chi connectivity index (χ2n) is 3.63. The Kier molecular flexibility index (Phi) is 2.31. The fourth-order valence-corrected chi connectivity index (χ4v) is 1.70. The van der Waals surface area contributed by atoms with E-state index in [0.29, 0.717) is 18.8 Å². The van der Waals surface area contributed by atoms with Crippen LogP contribution < -0.4 is 10.6 Å². The van der Waals surface area contributed by atoms with Crippen molar-refractivity contribution in [3.05, 3.63) is 24.3 Å². The largest absolute Gasteiger partial charge is 0.399 e. The highest BCUT2D eigenvalue weighted by Crippen LogP contribution is 2.22. The van der Waals surface area contributed by atoms with Gasteiger partial charge in [0.25, 0.3) is 0 Å². The molecule has 0 spiro atoms.